The van der Waals surface area contributed by atoms with Gasteiger partial charge in [0.1, 0.15) is 0 Å². The number of nitrogens with one attached hydrogen (secondary N) is 2. The van der Waals surface area contributed by atoms with E-state index in [4.69, 9.17) is 0 Å². The van der Waals surface area contributed by atoms with Crippen LogP contribution in [0.5, 0.6) is 0 Å². The van der Waals surface area contributed by atoms with Gasteiger partial charge in [-0.25, -0.2) is 0 Å². The van der Waals surface area contributed by atoms with Crippen molar-refractivity contribution in [3.8, 4) is 0 Å². The number of rotatable bonds is 4. The van der Waals surface area contributed by atoms with Crippen LogP contribution in [0.2, 0.25) is 0 Å². The normalized spacial score (nSPS) is 9.83. The summed E-state index contributed by atoms with van der Waals surface area (Å²) < 4.78 is 0. The van der Waals surface area contributed by atoms with E-state index < -0.39 is 0 Å². The molecule has 0 radical (unpaired) electrons. The van der Waals surface area contributed by atoms with Crippen molar-refractivity contribution in [2.24, 2.45) is 0 Å². The molecule has 0 aliphatic rings. The molecule has 0 fully saturated rings. The molecule has 0 aromatic heterocycles. The van der Waals surface area contributed by atoms with Gasteiger partial charge in [-0.2, -0.15) is 0 Å². The largest absolute Gasteiger partial charge is 0.329 e. The average molecular weight is 206 g/mol. The van der Waals surface area contributed by atoms with Gasteiger partial charge in [0.15, 0.2) is 0 Å². The maximum Gasteiger partial charge on any atom is 0.270 e. The van der Waals surface area contributed by atoms with E-state index in [1.807, 2.05) is 0 Å². The van der Waals surface area contributed by atoms with E-state index >= 15 is 0 Å². The Kier molecular flexibility index (Phi) is 5.87. The van der Waals surface area contributed by atoms with Crippen molar-refractivity contribution in [2.75, 3.05) is 0 Å². The lowest BCUT2D eigenvalue weighted by Gasteiger charge is -2.05. The van der Waals surface area contributed by atoms with Crippen LogP contribution in [0.1, 0.15) is 13.3 Å². The number of carbonyl (C=O) groups is 2. The van der Waals surface area contributed by atoms with E-state index in [0.717, 1.165) is 0 Å². The van der Waals surface area contributed by atoms with E-state index in [9.17, 15) is 9.59 Å². The van der Waals surface area contributed by atoms with Crippen LogP contribution < -0.4 is 10.4 Å². The molecule has 0 aromatic carbocycles. The van der Waals surface area contributed by atoms with Crippen LogP contribution in [0.3, 0.4) is 0 Å². The predicted octanol–water partition coefficient (Wildman–Crippen LogP) is 0.526. The van der Waals surface area contributed by atoms with Crippen molar-refractivity contribution in [1.82, 2.24) is 10.4 Å². The summed E-state index contributed by atoms with van der Waals surface area (Å²) in [6.07, 6.45) is 0.343. The lowest BCUT2D eigenvalue weighted by atomic mass is 10.4. The maximum atomic E-state index is 11.0. The Morgan fingerprint density at radius 2 is 2.17 bits per heavy atom. The van der Waals surface area contributed by atoms with Crippen LogP contribution in [0, 0.1) is 0 Å². The minimum atomic E-state index is -0.342. The minimum Gasteiger partial charge on any atom is -0.329 e. The quantitative estimate of drug-likeness (QED) is 0.520. The van der Waals surface area contributed by atoms with E-state index in [0.29, 0.717) is 6.42 Å². The molecule has 2 atom stereocenters. The van der Waals surface area contributed by atoms with Crippen LogP contribution in [-0.4, -0.2) is 11.8 Å². The molecule has 0 bridgehead atoms. The van der Waals surface area contributed by atoms with Gasteiger partial charge in [-0.15, -0.1) is 0 Å². The van der Waals surface area contributed by atoms with Crippen molar-refractivity contribution in [3.63, 3.8) is 0 Å². The van der Waals surface area contributed by atoms with Gasteiger partial charge in [-0.1, -0.05) is 22.4 Å². The third kappa shape index (κ3) is 4.42. The highest BCUT2D eigenvalue weighted by molar-refractivity contribution is 8.02. The molecule has 4 nitrogen and oxygen atoms in total. The summed E-state index contributed by atoms with van der Waals surface area (Å²) in [5.41, 5.74) is 0.0943. The Hall–Kier alpha value is -0.460. The third-order valence-electron chi connectivity index (χ3n) is 1.07. The summed E-state index contributed by atoms with van der Waals surface area (Å²) in [5, 5.41) is 4.88. The van der Waals surface area contributed by atoms with Crippen LogP contribution in [0.25, 0.3) is 0 Å². The number of carbonyl (C=O) groups excluding carboxylic acids is 2. The fraction of sp³-hybridized carbons (Fsp3) is 0.333. The van der Waals surface area contributed by atoms with E-state index in [2.05, 4.69) is 25.9 Å². The zero-order valence-electron chi connectivity index (χ0n) is 6.81. The number of hydrogen-bond acceptors (Lipinski definition) is 2. The molecule has 0 aromatic rings. The summed E-state index contributed by atoms with van der Waals surface area (Å²) in [6, 6.07) is 0. The number of hydrogen-bond donors (Lipinski definition) is 2. The van der Waals surface area contributed by atoms with Gasteiger partial charge in [-0.3, -0.25) is 9.59 Å². The Bertz CT molecular complexity index is 206. The molecular weight excluding hydrogens is 194 g/mol. The fourth-order valence-electron chi connectivity index (χ4n) is 0.454. The average Bonchev–Trinajstić information content (AvgIpc) is 2.04. The van der Waals surface area contributed by atoms with Crippen molar-refractivity contribution in [3.05, 3.63) is 12.3 Å². The molecule has 0 aliphatic carbocycles. The molecule has 2 amide bonds. The fourth-order valence-corrected chi connectivity index (χ4v) is 1.13. The minimum absolute atomic E-state index is 0.0943. The molecule has 0 heterocycles. The first-order valence-electron chi connectivity index (χ1n) is 3.36. The zero-order chi connectivity index (χ0) is 9.56. The molecule has 12 heavy (non-hydrogen) atoms. The van der Waals surface area contributed by atoms with Crippen LogP contribution in [0.15, 0.2) is 12.3 Å². The topological polar surface area (TPSA) is 58.2 Å². The smallest absolute Gasteiger partial charge is 0.270 e. The molecule has 6 heteroatoms. The summed E-state index contributed by atoms with van der Waals surface area (Å²) in [4.78, 5) is 21.7. The van der Waals surface area contributed by atoms with Crippen LogP contribution in [0.4, 0.5) is 0 Å². The van der Waals surface area contributed by atoms with Crippen molar-refractivity contribution < 1.29 is 9.59 Å². The van der Waals surface area contributed by atoms with E-state index in [1.165, 1.54) is 0 Å². The first-order valence-corrected chi connectivity index (χ1v) is 6.17. The first kappa shape index (κ1) is 11.5. The Labute approximate surface area is 75.5 Å². The highest BCUT2D eigenvalue weighted by Gasteiger charge is 2.07. The van der Waals surface area contributed by atoms with Gasteiger partial charge < -0.3 is 10.4 Å². The summed E-state index contributed by atoms with van der Waals surface area (Å²) in [5.74, 6) is -0.549. The van der Waals surface area contributed by atoms with Gasteiger partial charge >= 0.3 is 0 Å². The molecule has 0 spiro atoms. The van der Waals surface area contributed by atoms with Gasteiger partial charge in [0, 0.05) is 6.42 Å². The van der Waals surface area contributed by atoms with Gasteiger partial charge in [0.2, 0.25) is 5.91 Å². The van der Waals surface area contributed by atoms with Gasteiger partial charge in [0.25, 0.3) is 5.91 Å². The standard InChI is InChI=1S/C6H12N2O2P2/c1-3-5(9)7-4(2)6(10)8-12-11/h12H,2-3,11H2,1H3,(H,7,9)(H,8,10). The molecule has 0 saturated heterocycles. The zero-order valence-corrected chi connectivity index (χ0v) is 8.96. The Morgan fingerprint density at radius 1 is 1.58 bits per heavy atom. The van der Waals surface area contributed by atoms with Crippen molar-refractivity contribution in [1.29, 1.82) is 0 Å². The lowest BCUT2D eigenvalue weighted by molar-refractivity contribution is -0.122. The first-order chi connectivity index (χ1) is 5.61. The van der Waals surface area contributed by atoms with Crippen LogP contribution in [-0.2, 0) is 9.59 Å². The monoisotopic (exact) mass is 206 g/mol. The molecular formula is C6H12N2O2P2. The summed E-state index contributed by atoms with van der Waals surface area (Å²) in [7, 11) is 2.60. The van der Waals surface area contributed by atoms with E-state index in [-0.39, 0.29) is 25.9 Å². The Balaban J connectivity index is 3.87. The SMILES string of the molecule is C=C(NC(=O)CC)C(=O)NPP. The van der Waals surface area contributed by atoms with E-state index in [1.54, 1.807) is 6.92 Å². The second-order valence-corrected chi connectivity index (χ2v) is 3.38. The van der Waals surface area contributed by atoms with Gasteiger partial charge in [-0.05, 0) is 8.42 Å². The third-order valence-corrected chi connectivity index (χ3v) is 1.88. The highest BCUT2D eigenvalue weighted by atomic mass is 32.0. The van der Waals surface area contributed by atoms with Crippen molar-refractivity contribution >= 4 is 29.2 Å². The summed E-state index contributed by atoms with van der Waals surface area (Å²) in [6.45, 7) is 5.12. The Morgan fingerprint density at radius 3 is 2.58 bits per heavy atom. The second-order valence-electron chi connectivity index (χ2n) is 1.98. The lowest BCUT2D eigenvalue weighted by Crippen LogP contribution is -2.30. The molecule has 0 aliphatic heterocycles. The van der Waals surface area contributed by atoms with Crippen LogP contribution >= 0.6 is 17.3 Å². The number of amides is 2. The molecule has 2 N–H and O–H groups in total. The molecule has 0 rings (SSSR count). The second kappa shape index (κ2) is 6.10. The molecule has 68 valence electrons. The molecule has 2 unspecified atom stereocenters. The van der Waals surface area contributed by atoms with Gasteiger partial charge in [0.05, 0.1) is 5.70 Å². The summed E-state index contributed by atoms with van der Waals surface area (Å²) >= 11 is 0. The predicted molar refractivity (Wildman–Crippen MR) is 53.7 cm³/mol. The molecule has 0 saturated carbocycles. The maximum absolute atomic E-state index is 11.0. The highest BCUT2D eigenvalue weighted by Crippen LogP contribution is 2.13. The van der Waals surface area contributed by atoms with Crippen molar-refractivity contribution in [2.45, 2.75) is 13.3 Å².